The molecule has 2 rings (SSSR count). The average molecular weight is 305 g/mol. The van der Waals surface area contributed by atoms with E-state index in [-0.39, 0.29) is 11.1 Å². The van der Waals surface area contributed by atoms with Gasteiger partial charge in [-0.05, 0) is 77.6 Å². The molecule has 0 bridgehead atoms. The van der Waals surface area contributed by atoms with Gasteiger partial charge in [-0.2, -0.15) is 0 Å². The number of hydrogen-bond acceptors (Lipinski definition) is 3. The van der Waals surface area contributed by atoms with Crippen LogP contribution >= 0.6 is 0 Å². The fourth-order valence-corrected chi connectivity index (χ4v) is 3.45. The first-order valence-electron chi connectivity index (χ1n) is 8.28. The molecule has 3 heteroatoms. The van der Waals surface area contributed by atoms with Crippen LogP contribution in [0.5, 0.6) is 5.75 Å². The number of aliphatic hydroxyl groups is 1. The number of aliphatic hydroxyl groups excluding tert-OH is 1. The van der Waals surface area contributed by atoms with Crippen molar-refractivity contribution < 1.29 is 9.84 Å². The van der Waals surface area contributed by atoms with Crippen LogP contribution in [0, 0.1) is 13.8 Å². The van der Waals surface area contributed by atoms with Gasteiger partial charge in [-0.25, -0.2) is 0 Å². The van der Waals surface area contributed by atoms with E-state index >= 15 is 0 Å². The zero-order valence-corrected chi connectivity index (χ0v) is 14.9. The van der Waals surface area contributed by atoms with E-state index in [0.717, 1.165) is 5.75 Å². The minimum Gasteiger partial charge on any atom is -0.491 e. The van der Waals surface area contributed by atoms with Gasteiger partial charge in [0.2, 0.25) is 0 Å². The number of hydrogen-bond donors (Lipinski definition) is 1. The van der Waals surface area contributed by atoms with Crippen molar-refractivity contribution in [2.75, 3.05) is 13.2 Å². The molecule has 0 aliphatic carbocycles. The molecule has 1 aromatic carbocycles. The van der Waals surface area contributed by atoms with Gasteiger partial charge in [-0.15, -0.1) is 0 Å². The van der Waals surface area contributed by atoms with Crippen LogP contribution in [-0.2, 0) is 0 Å². The molecule has 124 valence electrons. The monoisotopic (exact) mass is 305 g/mol. The zero-order chi connectivity index (χ0) is 16.5. The smallest absolute Gasteiger partial charge is 0.119 e. The van der Waals surface area contributed by atoms with Crippen molar-refractivity contribution in [2.45, 2.75) is 71.6 Å². The highest BCUT2D eigenvalue weighted by Crippen LogP contribution is 2.40. The summed E-state index contributed by atoms with van der Waals surface area (Å²) < 4.78 is 5.77. The maximum Gasteiger partial charge on any atom is 0.119 e. The van der Waals surface area contributed by atoms with Gasteiger partial charge < -0.3 is 9.84 Å². The minimum absolute atomic E-state index is 0.144. The summed E-state index contributed by atoms with van der Waals surface area (Å²) in [7, 11) is 0. The summed E-state index contributed by atoms with van der Waals surface area (Å²) in [4.78, 5) is 2.43. The maximum absolute atomic E-state index is 10.4. The number of β-amino-alcohol motifs (C(OH)–C–C–N with tert-alkyl or cyclic N) is 1. The van der Waals surface area contributed by atoms with E-state index in [2.05, 4.69) is 52.5 Å². The number of likely N-dealkylation sites (tertiary alicyclic amines) is 1. The van der Waals surface area contributed by atoms with E-state index in [1.165, 1.54) is 24.0 Å². The molecule has 0 spiro atoms. The molecule has 0 aromatic heterocycles. The number of nitrogens with zero attached hydrogens (tertiary/aromatic N) is 1. The first-order valence-corrected chi connectivity index (χ1v) is 8.28. The Morgan fingerprint density at radius 1 is 1.09 bits per heavy atom. The maximum atomic E-state index is 10.4. The molecule has 1 saturated heterocycles. The molecule has 1 aliphatic rings. The van der Waals surface area contributed by atoms with Crippen LogP contribution in [0.3, 0.4) is 0 Å². The van der Waals surface area contributed by atoms with Gasteiger partial charge in [-0.3, -0.25) is 4.90 Å². The zero-order valence-electron chi connectivity index (χ0n) is 14.9. The van der Waals surface area contributed by atoms with Crippen LogP contribution < -0.4 is 4.74 Å². The molecule has 1 aromatic rings. The number of benzene rings is 1. The molecule has 1 heterocycles. The van der Waals surface area contributed by atoms with Crippen LogP contribution in [0.2, 0.25) is 0 Å². The Hall–Kier alpha value is -1.06. The van der Waals surface area contributed by atoms with Gasteiger partial charge in [0.05, 0.1) is 0 Å². The molecule has 1 atom stereocenters. The molecule has 0 radical (unpaired) electrons. The Morgan fingerprint density at radius 3 is 2.23 bits per heavy atom. The minimum atomic E-state index is -0.474. The highest BCUT2D eigenvalue weighted by Gasteiger charge is 2.44. The van der Waals surface area contributed by atoms with Crippen molar-refractivity contribution in [1.29, 1.82) is 0 Å². The Bertz CT molecular complexity index is 506. The summed E-state index contributed by atoms with van der Waals surface area (Å²) in [6, 6.07) is 6.06. The van der Waals surface area contributed by atoms with E-state index in [1.807, 2.05) is 12.1 Å². The highest BCUT2D eigenvalue weighted by atomic mass is 16.5. The first-order chi connectivity index (χ1) is 10.1. The Kier molecular flexibility index (Phi) is 4.88. The lowest BCUT2D eigenvalue weighted by molar-refractivity contribution is 0.00530. The molecule has 1 fully saturated rings. The van der Waals surface area contributed by atoms with Crippen molar-refractivity contribution in [3.05, 3.63) is 29.3 Å². The summed E-state index contributed by atoms with van der Waals surface area (Å²) in [5, 5.41) is 10.4. The van der Waals surface area contributed by atoms with Crippen molar-refractivity contribution in [2.24, 2.45) is 0 Å². The lowest BCUT2D eigenvalue weighted by Crippen LogP contribution is -2.52. The highest BCUT2D eigenvalue weighted by molar-refractivity contribution is 5.33. The molecule has 1 aliphatic heterocycles. The van der Waals surface area contributed by atoms with Crippen molar-refractivity contribution in [3.63, 3.8) is 0 Å². The lowest BCUT2D eigenvalue weighted by atomic mass is 10.0. The SMILES string of the molecule is Cc1ccc(OCC(O)CN2C(C)(C)CCC2(C)C)cc1C. The second kappa shape index (κ2) is 6.21. The number of aryl methyl sites for hydroxylation is 2. The molecule has 1 N–H and O–H groups in total. The summed E-state index contributed by atoms with van der Waals surface area (Å²) in [5.41, 5.74) is 2.76. The molecule has 22 heavy (non-hydrogen) atoms. The van der Waals surface area contributed by atoms with Crippen molar-refractivity contribution >= 4 is 0 Å². The fraction of sp³-hybridized carbons (Fsp3) is 0.684. The second-order valence-electron chi connectivity index (χ2n) is 7.95. The Balaban J connectivity index is 1.92. The Labute approximate surface area is 135 Å². The quantitative estimate of drug-likeness (QED) is 0.900. The van der Waals surface area contributed by atoms with Gasteiger partial charge in [0, 0.05) is 17.6 Å². The van der Waals surface area contributed by atoms with Crippen molar-refractivity contribution in [1.82, 2.24) is 4.90 Å². The van der Waals surface area contributed by atoms with Gasteiger partial charge in [0.1, 0.15) is 18.5 Å². The number of rotatable bonds is 5. The van der Waals surface area contributed by atoms with Gasteiger partial charge in [0.25, 0.3) is 0 Å². The molecular weight excluding hydrogens is 274 g/mol. The lowest BCUT2D eigenvalue weighted by Gasteiger charge is -2.41. The third kappa shape index (κ3) is 3.82. The summed E-state index contributed by atoms with van der Waals surface area (Å²) in [6.45, 7) is 14.2. The third-order valence-corrected chi connectivity index (χ3v) is 5.12. The average Bonchev–Trinajstić information content (AvgIpc) is 2.63. The summed E-state index contributed by atoms with van der Waals surface area (Å²) >= 11 is 0. The standard InChI is InChI=1S/C19H31NO2/c1-14-7-8-17(11-15(14)2)22-13-16(21)12-20-18(3,4)9-10-19(20,5)6/h7-8,11,16,21H,9-10,12-13H2,1-6H3. The third-order valence-electron chi connectivity index (χ3n) is 5.12. The number of ether oxygens (including phenoxy) is 1. The second-order valence-corrected chi connectivity index (χ2v) is 7.95. The van der Waals surface area contributed by atoms with Gasteiger partial charge in [0.15, 0.2) is 0 Å². The predicted octanol–water partition coefficient (Wildman–Crippen LogP) is 3.70. The largest absolute Gasteiger partial charge is 0.491 e. The van der Waals surface area contributed by atoms with E-state index in [9.17, 15) is 5.11 Å². The summed E-state index contributed by atoms with van der Waals surface area (Å²) in [5.74, 6) is 0.835. The van der Waals surface area contributed by atoms with E-state index in [0.29, 0.717) is 13.2 Å². The molecule has 0 saturated carbocycles. The van der Waals surface area contributed by atoms with E-state index in [4.69, 9.17) is 4.74 Å². The molecular formula is C19H31NO2. The summed E-state index contributed by atoms with van der Waals surface area (Å²) in [6.07, 6.45) is 1.87. The van der Waals surface area contributed by atoms with Crippen LogP contribution in [-0.4, -0.2) is 40.3 Å². The van der Waals surface area contributed by atoms with Crippen LogP contribution in [0.15, 0.2) is 18.2 Å². The van der Waals surface area contributed by atoms with E-state index < -0.39 is 6.10 Å². The fourth-order valence-electron chi connectivity index (χ4n) is 3.45. The van der Waals surface area contributed by atoms with Crippen LogP contribution in [0.1, 0.15) is 51.7 Å². The normalized spacial score (nSPS) is 21.8. The first kappa shape index (κ1) is 17.3. The van der Waals surface area contributed by atoms with Crippen LogP contribution in [0.4, 0.5) is 0 Å². The van der Waals surface area contributed by atoms with Crippen LogP contribution in [0.25, 0.3) is 0 Å². The van der Waals surface area contributed by atoms with Gasteiger partial charge >= 0.3 is 0 Å². The molecule has 0 amide bonds. The topological polar surface area (TPSA) is 32.7 Å². The Morgan fingerprint density at radius 2 is 1.68 bits per heavy atom. The molecule has 3 nitrogen and oxygen atoms in total. The predicted molar refractivity (Wildman–Crippen MR) is 91.5 cm³/mol. The van der Waals surface area contributed by atoms with E-state index in [1.54, 1.807) is 0 Å². The molecule has 1 unspecified atom stereocenters. The van der Waals surface area contributed by atoms with Crippen molar-refractivity contribution in [3.8, 4) is 5.75 Å². The van der Waals surface area contributed by atoms with Gasteiger partial charge in [-0.1, -0.05) is 6.07 Å².